The van der Waals surface area contributed by atoms with Crippen LogP contribution in [0.2, 0.25) is 5.02 Å². The van der Waals surface area contributed by atoms with Crippen molar-refractivity contribution in [1.29, 1.82) is 0 Å². The summed E-state index contributed by atoms with van der Waals surface area (Å²) in [6, 6.07) is 1.34. The van der Waals surface area contributed by atoms with Crippen molar-refractivity contribution in [2.24, 2.45) is 11.8 Å². The molecule has 0 bridgehead atoms. The predicted molar refractivity (Wildman–Crippen MR) is 106 cm³/mol. The highest BCUT2D eigenvalue weighted by molar-refractivity contribution is 6.35. The highest BCUT2D eigenvalue weighted by atomic mass is 35.5. The van der Waals surface area contributed by atoms with Gasteiger partial charge in [0.25, 0.3) is 0 Å². The zero-order chi connectivity index (χ0) is 22.4. The van der Waals surface area contributed by atoms with Crippen molar-refractivity contribution in [3.8, 4) is 23.0 Å². The number of aromatic nitrogens is 2. The Hall–Kier alpha value is -2.91. The van der Waals surface area contributed by atoms with Crippen molar-refractivity contribution in [2.75, 3.05) is 7.11 Å². The summed E-state index contributed by atoms with van der Waals surface area (Å²) in [5.74, 6) is -3.60. The lowest BCUT2D eigenvalue weighted by Gasteiger charge is -2.26. The normalized spacial score (nSPS) is 19.5. The summed E-state index contributed by atoms with van der Waals surface area (Å²) in [7, 11) is 1.29. The second-order valence-electron chi connectivity index (χ2n) is 7.69. The predicted octanol–water partition coefficient (Wildman–Crippen LogP) is 3.18. The van der Waals surface area contributed by atoms with Crippen molar-refractivity contribution in [3.63, 3.8) is 0 Å². The number of carbonyl (C=O) groups excluding carboxylic acids is 2. The van der Waals surface area contributed by atoms with Crippen LogP contribution >= 0.6 is 11.6 Å². The first-order valence-electron chi connectivity index (χ1n) is 9.09. The second-order valence-corrected chi connectivity index (χ2v) is 8.07. The summed E-state index contributed by atoms with van der Waals surface area (Å²) in [6.45, 7) is 4.57. The molecule has 0 fully saturated rings. The molecule has 0 spiro atoms. The fraction of sp³-hybridized carbons (Fsp3) is 0.400. The zero-order valence-corrected chi connectivity index (χ0v) is 17.5. The van der Waals surface area contributed by atoms with Crippen LogP contribution in [0.25, 0.3) is 11.5 Å². The number of aromatic hydroxyl groups is 1. The number of aliphatic hydroxyl groups is 2. The molecule has 1 aliphatic rings. The summed E-state index contributed by atoms with van der Waals surface area (Å²) < 4.78 is 10.7. The topological polar surface area (TPSA) is 143 Å². The van der Waals surface area contributed by atoms with Crippen LogP contribution in [-0.2, 0) is 10.4 Å². The summed E-state index contributed by atoms with van der Waals surface area (Å²) in [6.07, 6.45) is 1.09. The maximum atomic E-state index is 13.2. The van der Waals surface area contributed by atoms with E-state index in [0.717, 1.165) is 6.08 Å². The van der Waals surface area contributed by atoms with Gasteiger partial charge in [-0.25, -0.2) is 0 Å². The number of rotatable bonds is 5. The van der Waals surface area contributed by atoms with Crippen LogP contribution in [0.15, 0.2) is 22.3 Å². The Morgan fingerprint density at radius 1 is 1.33 bits per heavy atom. The molecule has 0 aliphatic heterocycles. The number of carbonyl (C=O) groups is 2. The molecule has 3 N–H and O–H groups in total. The van der Waals surface area contributed by atoms with E-state index in [4.69, 9.17) is 20.8 Å². The Balaban J connectivity index is 2.11. The average Bonchev–Trinajstić information content (AvgIpc) is 3.13. The fourth-order valence-corrected chi connectivity index (χ4v) is 3.57. The van der Waals surface area contributed by atoms with Gasteiger partial charge in [0.1, 0.15) is 28.4 Å². The molecule has 1 aliphatic carbocycles. The average molecular weight is 437 g/mol. The number of ether oxygens (including phenoxy) is 1. The van der Waals surface area contributed by atoms with Gasteiger partial charge in [-0.15, -0.1) is 10.2 Å². The molecule has 0 amide bonds. The maximum absolute atomic E-state index is 13.2. The smallest absolute Gasteiger partial charge is 0.249 e. The van der Waals surface area contributed by atoms with Gasteiger partial charge in [-0.05, 0) is 25.8 Å². The first kappa shape index (κ1) is 21.8. The Morgan fingerprint density at radius 2 is 2.00 bits per heavy atom. The van der Waals surface area contributed by atoms with Gasteiger partial charge < -0.3 is 24.5 Å². The van der Waals surface area contributed by atoms with E-state index in [9.17, 15) is 24.9 Å². The van der Waals surface area contributed by atoms with E-state index in [1.807, 2.05) is 0 Å². The number of nitrogens with zero attached hydrogens (tertiary/aromatic N) is 2. The monoisotopic (exact) mass is 436 g/mol. The molecule has 0 radical (unpaired) electrons. The molecule has 1 aromatic heterocycles. The molecule has 0 saturated carbocycles. The van der Waals surface area contributed by atoms with E-state index in [1.54, 1.807) is 6.92 Å². The van der Waals surface area contributed by atoms with E-state index in [-0.39, 0.29) is 51.6 Å². The van der Waals surface area contributed by atoms with Crippen LogP contribution in [0.4, 0.5) is 0 Å². The molecule has 160 valence electrons. The first-order valence-corrected chi connectivity index (χ1v) is 9.47. The van der Waals surface area contributed by atoms with Crippen LogP contribution in [0.1, 0.15) is 43.4 Å². The molecule has 3 rings (SSSR count). The molecule has 1 aromatic carbocycles. The van der Waals surface area contributed by atoms with Crippen LogP contribution in [0.3, 0.4) is 0 Å². The van der Waals surface area contributed by atoms with Crippen LogP contribution < -0.4 is 4.74 Å². The summed E-state index contributed by atoms with van der Waals surface area (Å²) in [5, 5.41) is 38.2. The number of halogens is 1. The Labute approximate surface area is 176 Å². The summed E-state index contributed by atoms with van der Waals surface area (Å²) in [5.41, 5.74) is -1.53. The van der Waals surface area contributed by atoms with E-state index in [0.29, 0.717) is 0 Å². The number of hydrogen-bond acceptors (Lipinski definition) is 9. The molecular weight excluding hydrogens is 416 g/mol. The van der Waals surface area contributed by atoms with Crippen LogP contribution in [0, 0.1) is 11.8 Å². The Kier molecular flexibility index (Phi) is 5.62. The van der Waals surface area contributed by atoms with Gasteiger partial charge in [0.2, 0.25) is 11.8 Å². The van der Waals surface area contributed by atoms with Crippen LogP contribution in [0.5, 0.6) is 11.5 Å². The molecule has 2 atom stereocenters. The number of phenolic OH excluding ortho intramolecular Hbond substituents is 1. The Bertz CT molecular complexity index is 1050. The number of aliphatic hydroxyl groups excluding tert-OH is 1. The molecule has 1 heterocycles. The number of benzene rings is 1. The minimum atomic E-state index is -1.39. The number of Topliss-reactive ketones (excluding diaryl/α,β-unsaturated/α-hetero) is 1. The molecule has 9 nitrogen and oxygen atoms in total. The van der Waals surface area contributed by atoms with Crippen molar-refractivity contribution in [2.45, 2.75) is 32.8 Å². The largest absolute Gasteiger partial charge is 0.511 e. The lowest BCUT2D eigenvalue weighted by molar-refractivity contribution is -0.116. The minimum absolute atomic E-state index is 0.0307. The van der Waals surface area contributed by atoms with Gasteiger partial charge in [-0.2, -0.15) is 0 Å². The number of allylic oxidation sites excluding steroid dienone is 2. The quantitative estimate of drug-likeness (QED) is 0.602. The van der Waals surface area contributed by atoms with E-state index >= 15 is 0 Å². The van der Waals surface area contributed by atoms with Gasteiger partial charge in [0, 0.05) is 12.5 Å². The summed E-state index contributed by atoms with van der Waals surface area (Å²) >= 11 is 6.29. The maximum Gasteiger partial charge on any atom is 0.249 e. The zero-order valence-electron chi connectivity index (χ0n) is 16.8. The van der Waals surface area contributed by atoms with Crippen molar-refractivity contribution in [1.82, 2.24) is 10.2 Å². The molecule has 0 saturated heterocycles. The molecule has 10 heteroatoms. The molecule has 30 heavy (non-hydrogen) atoms. The first-order chi connectivity index (χ1) is 14.0. The third kappa shape index (κ3) is 3.78. The molecule has 0 unspecified atom stereocenters. The third-order valence-electron chi connectivity index (χ3n) is 4.85. The number of methoxy groups -OCH3 is 1. The summed E-state index contributed by atoms with van der Waals surface area (Å²) in [4.78, 5) is 24.8. The van der Waals surface area contributed by atoms with Gasteiger partial charge in [-0.3, -0.25) is 9.59 Å². The highest BCUT2D eigenvalue weighted by Crippen LogP contribution is 2.45. The van der Waals surface area contributed by atoms with Gasteiger partial charge in [0.05, 0.1) is 23.6 Å². The minimum Gasteiger partial charge on any atom is -0.511 e. The van der Waals surface area contributed by atoms with Gasteiger partial charge in [0.15, 0.2) is 11.6 Å². The standard InChI is InChI=1S/C20H21ClN2O7/c1-8-5-9(24)6-11(25)13(8)16(26)14-12(29-4)7-10(15(21)17(14)27)18-22-23-19(30-18)20(2,3)28/h6-8,13,25,27-28H,5H2,1-4H3/t8-,13-/m1/s1. The van der Waals surface area contributed by atoms with Crippen molar-refractivity contribution < 1.29 is 34.1 Å². The fourth-order valence-electron chi connectivity index (χ4n) is 3.34. The molecule has 2 aromatic rings. The van der Waals surface area contributed by atoms with E-state index in [1.165, 1.54) is 27.0 Å². The Morgan fingerprint density at radius 3 is 2.53 bits per heavy atom. The SMILES string of the molecule is COc1cc(-c2nnc(C(C)(C)O)o2)c(Cl)c(O)c1C(=O)[C@H]1C(O)=CC(=O)C[C@H]1C. The van der Waals surface area contributed by atoms with Crippen molar-refractivity contribution in [3.05, 3.63) is 34.4 Å². The third-order valence-corrected chi connectivity index (χ3v) is 5.23. The van der Waals surface area contributed by atoms with Gasteiger partial charge in [-0.1, -0.05) is 18.5 Å². The van der Waals surface area contributed by atoms with Crippen LogP contribution in [-0.4, -0.2) is 44.2 Å². The highest BCUT2D eigenvalue weighted by Gasteiger charge is 2.38. The lowest BCUT2D eigenvalue weighted by Crippen LogP contribution is -2.30. The van der Waals surface area contributed by atoms with E-state index < -0.39 is 29.0 Å². The lowest BCUT2D eigenvalue weighted by atomic mass is 9.78. The number of phenols is 1. The van der Waals surface area contributed by atoms with Crippen molar-refractivity contribution >= 4 is 23.2 Å². The van der Waals surface area contributed by atoms with E-state index in [2.05, 4.69) is 10.2 Å². The molecular formula is C20H21ClN2O7. The number of hydrogen-bond donors (Lipinski definition) is 3. The number of ketones is 2. The second kappa shape index (κ2) is 7.73. The van der Waals surface area contributed by atoms with Gasteiger partial charge >= 0.3 is 0 Å².